The zero-order valence-corrected chi connectivity index (χ0v) is 15.0. The number of hydrogen-bond acceptors (Lipinski definition) is 3. The predicted molar refractivity (Wildman–Crippen MR) is 102 cm³/mol. The standard InChI is InChI=1S/C20H23ClN2O2/c1-25-19-9-3-8-17-15(12-23-20(17)19)6-4-10-22-13-18(24)14-5-2-7-16(21)11-14/h2-3,5,7-9,11-12,18,22-24H,4,6,10,13H2,1H3/t18-/m0/s1. The number of rotatable bonds is 8. The lowest BCUT2D eigenvalue weighted by Crippen LogP contribution is -2.22. The van der Waals surface area contributed by atoms with Crippen LogP contribution in [-0.2, 0) is 6.42 Å². The summed E-state index contributed by atoms with van der Waals surface area (Å²) in [6.45, 7) is 1.36. The Bertz CT molecular complexity index is 831. The number of aryl methyl sites for hydroxylation is 1. The van der Waals surface area contributed by atoms with Gasteiger partial charge in [-0.3, -0.25) is 0 Å². The third-order valence-corrected chi connectivity index (χ3v) is 4.59. The van der Waals surface area contributed by atoms with Crippen molar-refractivity contribution in [3.05, 3.63) is 64.8 Å². The van der Waals surface area contributed by atoms with Crippen LogP contribution >= 0.6 is 11.6 Å². The van der Waals surface area contributed by atoms with E-state index in [1.165, 1.54) is 10.9 Å². The Morgan fingerprint density at radius 3 is 2.88 bits per heavy atom. The number of aromatic nitrogens is 1. The molecular weight excluding hydrogens is 336 g/mol. The lowest BCUT2D eigenvalue weighted by atomic mass is 10.1. The minimum atomic E-state index is -0.545. The molecule has 1 heterocycles. The Balaban J connectivity index is 1.47. The summed E-state index contributed by atoms with van der Waals surface area (Å²) in [6, 6.07) is 13.4. The largest absolute Gasteiger partial charge is 0.495 e. The van der Waals surface area contributed by atoms with E-state index in [0.717, 1.165) is 36.2 Å². The van der Waals surface area contributed by atoms with Crippen molar-refractivity contribution >= 4 is 22.5 Å². The summed E-state index contributed by atoms with van der Waals surface area (Å²) in [5, 5.41) is 15.3. The second kappa shape index (κ2) is 8.39. The summed E-state index contributed by atoms with van der Waals surface area (Å²) >= 11 is 5.96. The molecule has 0 aliphatic rings. The van der Waals surface area contributed by atoms with Gasteiger partial charge in [-0.1, -0.05) is 35.9 Å². The van der Waals surface area contributed by atoms with Gasteiger partial charge in [0.2, 0.25) is 0 Å². The Morgan fingerprint density at radius 1 is 1.24 bits per heavy atom. The normalized spacial score (nSPS) is 12.4. The highest BCUT2D eigenvalue weighted by Crippen LogP contribution is 2.27. The zero-order chi connectivity index (χ0) is 17.6. The number of aliphatic hydroxyl groups is 1. The van der Waals surface area contributed by atoms with Gasteiger partial charge in [-0.2, -0.15) is 0 Å². The highest BCUT2D eigenvalue weighted by molar-refractivity contribution is 6.30. The molecule has 3 aromatic rings. The Kier molecular flexibility index (Phi) is 5.97. The number of fused-ring (bicyclic) bond motifs is 1. The van der Waals surface area contributed by atoms with Crippen molar-refractivity contribution in [2.24, 2.45) is 0 Å². The van der Waals surface area contributed by atoms with Crippen molar-refractivity contribution < 1.29 is 9.84 Å². The maximum absolute atomic E-state index is 10.2. The second-order valence-corrected chi connectivity index (χ2v) is 6.51. The Hall–Kier alpha value is -2.01. The SMILES string of the molecule is COc1cccc2c(CCCNC[C@H](O)c3cccc(Cl)c3)c[nH]c12. The number of halogens is 1. The zero-order valence-electron chi connectivity index (χ0n) is 14.3. The third kappa shape index (κ3) is 4.34. The van der Waals surface area contributed by atoms with Gasteiger partial charge >= 0.3 is 0 Å². The minimum Gasteiger partial charge on any atom is -0.495 e. The molecular formula is C20H23ClN2O2. The summed E-state index contributed by atoms with van der Waals surface area (Å²) in [5.41, 5.74) is 3.17. The van der Waals surface area contributed by atoms with Gasteiger partial charge in [-0.25, -0.2) is 0 Å². The van der Waals surface area contributed by atoms with Crippen molar-refractivity contribution in [1.29, 1.82) is 0 Å². The molecule has 0 saturated carbocycles. The maximum Gasteiger partial charge on any atom is 0.142 e. The van der Waals surface area contributed by atoms with Crippen molar-refractivity contribution in [3.8, 4) is 5.75 Å². The number of ether oxygens (including phenoxy) is 1. The van der Waals surface area contributed by atoms with Gasteiger partial charge in [-0.05, 0) is 48.7 Å². The molecule has 0 bridgehead atoms. The summed E-state index contributed by atoms with van der Waals surface area (Å²) in [6.07, 6.45) is 3.46. The number of hydrogen-bond donors (Lipinski definition) is 3. The molecule has 0 fully saturated rings. The molecule has 3 N–H and O–H groups in total. The molecule has 5 heteroatoms. The van der Waals surface area contributed by atoms with Crippen LogP contribution in [0.1, 0.15) is 23.7 Å². The number of aliphatic hydroxyl groups excluding tert-OH is 1. The van der Waals surface area contributed by atoms with E-state index < -0.39 is 6.10 Å². The summed E-state index contributed by atoms with van der Waals surface area (Å²) in [5.74, 6) is 0.867. The predicted octanol–water partition coefficient (Wildman–Crippen LogP) is 4.09. The third-order valence-electron chi connectivity index (χ3n) is 4.35. The van der Waals surface area contributed by atoms with Gasteiger partial charge in [-0.15, -0.1) is 0 Å². The van der Waals surface area contributed by atoms with Gasteiger partial charge < -0.3 is 20.1 Å². The maximum atomic E-state index is 10.2. The van der Waals surface area contributed by atoms with Crippen LogP contribution in [-0.4, -0.2) is 30.3 Å². The fourth-order valence-corrected chi connectivity index (χ4v) is 3.23. The fourth-order valence-electron chi connectivity index (χ4n) is 3.04. The average molecular weight is 359 g/mol. The van der Waals surface area contributed by atoms with E-state index in [2.05, 4.69) is 16.4 Å². The molecule has 1 aromatic heterocycles. The number of methoxy groups -OCH3 is 1. The quantitative estimate of drug-likeness (QED) is 0.532. The minimum absolute atomic E-state index is 0.516. The van der Waals surface area contributed by atoms with E-state index in [4.69, 9.17) is 16.3 Å². The summed E-state index contributed by atoms with van der Waals surface area (Å²) in [7, 11) is 1.68. The summed E-state index contributed by atoms with van der Waals surface area (Å²) < 4.78 is 5.38. The first kappa shape index (κ1) is 17.8. The van der Waals surface area contributed by atoms with Gasteiger partial charge in [0, 0.05) is 23.2 Å². The molecule has 3 rings (SSSR count). The van der Waals surface area contributed by atoms with E-state index in [0.29, 0.717) is 11.6 Å². The molecule has 0 saturated heterocycles. The lowest BCUT2D eigenvalue weighted by molar-refractivity contribution is 0.175. The first-order chi connectivity index (χ1) is 12.2. The van der Waals surface area contributed by atoms with E-state index in [-0.39, 0.29) is 0 Å². The van der Waals surface area contributed by atoms with E-state index >= 15 is 0 Å². The van der Waals surface area contributed by atoms with Gasteiger partial charge in [0.15, 0.2) is 0 Å². The van der Waals surface area contributed by atoms with Crippen LogP contribution in [0.4, 0.5) is 0 Å². The van der Waals surface area contributed by atoms with Crippen LogP contribution in [0.25, 0.3) is 10.9 Å². The fraction of sp³-hybridized carbons (Fsp3) is 0.300. The molecule has 0 aliphatic carbocycles. The highest BCUT2D eigenvalue weighted by atomic mass is 35.5. The smallest absolute Gasteiger partial charge is 0.142 e. The molecule has 4 nitrogen and oxygen atoms in total. The first-order valence-electron chi connectivity index (χ1n) is 8.46. The molecule has 2 aromatic carbocycles. The Labute approximate surface area is 152 Å². The molecule has 0 aliphatic heterocycles. The van der Waals surface area contributed by atoms with Crippen LogP contribution in [0.15, 0.2) is 48.7 Å². The molecule has 25 heavy (non-hydrogen) atoms. The van der Waals surface area contributed by atoms with Gasteiger partial charge in [0.25, 0.3) is 0 Å². The van der Waals surface area contributed by atoms with Gasteiger partial charge in [0.05, 0.1) is 18.7 Å². The monoisotopic (exact) mass is 358 g/mol. The molecule has 0 spiro atoms. The molecule has 0 amide bonds. The van der Waals surface area contributed by atoms with Crippen molar-refractivity contribution in [2.45, 2.75) is 18.9 Å². The van der Waals surface area contributed by atoms with Crippen LogP contribution < -0.4 is 10.1 Å². The van der Waals surface area contributed by atoms with Crippen molar-refractivity contribution in [2.75, 3.05) is 20.2 Å². The number of aromatic amines is 1. The first-order valence-corrected chi connectivity index (χ1v) is 8.84. The van der Waals surface area contributed by atoms with Crippen LogP contribution in [0, 0.1) is 0 Å². The highest BCUT2D eigenvalue weighted by Gasteiger charge is 2.09. The summed E-state index contributed by atoms with van der Waals surface area (Å²) in [4.78, 5) is 3.30. The lowest BCUT2D eigenvalue weighted by Gasteiger charge is -2.12. The number of para-hydroxylation sites is 1. The van der Waals surface area contributed by atoms with E-state index in [1.54, 1.807) is 19.2 Å². The number of nitrogens with one attached hydrogen (secondary N) is 2. The van der Waals surface area contributed by atoms with E-state index in [9.17, 15) is 5.11 Å². The van der Waals surface area contributed by atoms with Crippen LogP contribution in [0.5, 0.6) is 5.75 Å². The molecule has 1 atom stereocenters. The van der Waals surface area contributed by atoms with Gasteiger partial charge in [0.1, 0.15) is 5.75 Å². The van der Waals surface area contributed by atoms with E-state index in [1.807, 2.05) is 30.5 Å². The molecule has 132 valence electrons. The van der Waals surface area contributed by atoms with Crippen molar-refractivity contribution in [3.63, 3.8) is 0 Å². The van der Waals surface area contributed by atoms with Crippen LogP contribution in [0.2, 0.25) is 5.02 Å². The Morgan fingerprint density at radius 2 is 2.08 bits per heavy atom. The van der Waals surface area contributed by atoms with Crippen LogP contribution in [0.3, 0.4) is 0 Å². The second-order valence-electron chi connectivity index (χ2n) is 6.08. The molecule has 0 radical (unpaired) electrons. The number of benzene rings is 2. The van der Waals surface area contributed by atoms with Crippen molar-refractivity contribution in [1.82, 2.24) is 10.3 Å². The topological polar surface area (TPSA) is 57.3 Å². The number of H-pyrrole nitrogens is 1. The average Bonchev–Trinajstić information content (AvgIpc) is 3.04. The molecule has 0 unspecified atom stereocenters.